The third-order valence-corrected chi connectivity index (χ3v) is 2.98. The minimum Gasteiger partial charge on any atom is -0.377 e. The molecule has 0 amide bonds. The molecule has 1 aliphatic carbocycles. The second-order valence-electron chi connectivity index (χ2n) is 3.40. The van der Waals surface area contributed by atoms with Gasteiger partial charge in [0, 0.05) is 13.2 Å². The van der Waals surface area contributed by atoms with Crippen molar-refractivity contribution >= 4 is 16.5 Å². The quantitative estimate of drug-likeness (QED) is 0.798. The maximum Gasteiger partial charge on any atom is 0.205 e. The van der Waals surface area contributed by atoms with E-state index in [4.69, 9.17) is 4.74 Å². The first-order valence-electron chi connectivity index (χ1n) is 4.37. The van der Waals surface area contributed by atoms with Crippen LogP contribution in [0.4, 0.5) is 5.13 Å². The highest BCUT2D eigenvalue weighted by molar-refractivity contribution is 7.15. The van der Waals surface area contributed by atoms with Crippen molar-refractivity contribution in [2.24, 2.45) is 5.92 Å². The Hall–Kier alpha value is -0.680. The highest BCUT2D eigenvalue weighted by Gasteiger charge is 2.33. The molecule has 2 rings (SSSR count). The fourth-order valence-electron chi connectivity index (χ4n) is 1.18. The average Bonchev–Trinajstić information content (AvgIpc) is 2.63. The van der Waals surface area contributed by atoms with Crippen LogP contribution in [0.25, 0.3) is 0 Å². The van der Waals surface area contributed by atoms with E-state index in [0.717, 1.165) is 16.1 Å². The van der Waals surface area contributed by atoms with Crippen LogP contribution in [-0.4, -0.2) is 23.3 Å². The molecule has 0 aliphatic heterocycles. The molecular weight excluding hydrogens is 186 g/mol. The Morgan fingerprint density at radius 1 is 1.62 bits per heavy atom. The SMILES string of the molecule is COCc1nnc(N[C@@H]2C[C@H]2C)s1. The van der Waals surface area contributed by atoms with Crippen molar-refractivity contribution in [2.75, 3.05) is 12.4 Å². The van der Waals surface area contributed by atoms with Crippen molar-refractivity contribution in [2.45, 2.75) is 26.0 Å². The molecule has 1 fully saturated rings. The highest BCUT2D eigenvalue weighted by Crippen LogP contribution is 2.33. The van der Waals surface area contributed by atoms with Gasteiger partial charge < -0.3 is 10.1 Å². The van der Waals surface area contributed by atoms with Gasteiger partial charge in [-0.1, -0.05) is 18.3 Å². The average molecular weight is 199 g/mol. The van der Waals surface area contributed by atoms with Crippen LogP contribution in [0.1, 0.15) is 18.4 Å². The van der Waals surface area contributed by atoms with Crippen molar-refractivity contribution in [3.8, 4) is 0 Å². The summed E-state index contributed by atoms with van der Waals surface area (Å²) in [7, 11) is 1.66. The molecule has 1 N–H and O–H groups in total. The van der Waals surface area contributed by atoms with Crippen molar-refractivity contribution in [1.29, 1.82) is 0 Å². The second kappa shape index (κ2) is 3.59. The van der Waals surface area contributed by atoms with Crippen LogP contribution < -0.4 is 5.32 Å². The van der Waals surface area contributed by atoms with Gasteiger partial charge >= 0.3 is 0 Å². The molecule has 0 bridgehead atoms. The number of hydrogen-bond donors (Lipinski definition) is 1. The Labute approximate surface area is 81.3 Å². The first-order valence-corrected chi connectivity index (χ1v) is 5.19. The maximum absolute atomic E-state index is 4.96. The molecule has 0 radical (unpaired) electrons. The lowest BCUT2D eigenvalue weighted by molar-refractivity contribution is 0.184. The summed E-state index contributed by atoms with van der Waals surface area (Å²) in [6.07, 6.45) is 1.25. The van der Waals surface area contributed by atoms with Crippen molar-refractivity contribution < 1.29 is 4.74 Å². The molecule has 1 aromatic heterocycles. The van der Waals surface area contributed by atoms with E-state index >= 15 is 0 Å². The van der Waals surface area contributed by atoms with E-state index in [2.05, 4.69) is 22.4 Å². The van der Waals surface area contributed by atoms with Crippen molar-refractivity contribution in [1.82, 2.24) is 10.2 Å². The lowest BCUT2D eigenvalue weighted by Crippen LogP contribution is -2.02. The summed E-state index contributed by atoms with van der Waals surface area (Å²) in [4.78, 5) is 0. The van der Waals surface area contributed by atoms with E-state index in [-0.39, 0.29) is 0 Å². The summed E-state index contributed by atoms with van der Waals surface area (Å²) in [6, 6.07) is 0.614. The zero-order valence-electron chi connectivity index (χ0n) is 7.78. The van der Waals surface area contributed by atoms with Crippen LogP contribution in [0.2, 0.25) is 0 Å². The lowest BCUT2D eigenvalue weighted by atomic mass is 10.5. The molecule has 0 spiro atoms. The molecule has 0 saturated heterocycles. The topological polar surface area (TPSA) is 47.0 Å². The minimum atomic E-state index is 0.555. The Kier molecular flexibility index (Phi) is 2.46. The van der Waals surface area contributed by atoms with Gasteiger partial charge in [0.15, 0.2) is 0 Å². The summed E-state index contributed by atoms with van der Waals surface area (Å²) in [6.45, 7) is 2.79. The fourth-order valence-corrected chi connectivity index (χ4v) is 1.95. The number of rotatable bonds is 4. The van der Waals surface area contributed by atoms with Crippen LogP contribution >= 0.6 is 11.3 Å². The van der Waals surface area contributed by atoms with Crippen LogP contribution in [0.5, 0.6) is 0 Å². The van der Waals surface area contributed by atoms with Crippen LogP contribution in [0.3, 0.4) is 0 Å². The largest absolute Gasteiger partial charge is 0.377 e. The van der Waals surface area contributed by atoms with E-state index in [0.29, 0.717) is 12.6 Å². The number of nitrogens with zero attached hydrogens (tertiary/aromatic N) is 2. The number of hydrogen-bond acceptors (Lipinski definition) is 5. The molecule has 5 heteroatoms. The number of methoxy groups -OCH3 is 1. The smallest absolute Gasteiger partial charge is 0.205 e. The van der Waals surface area contributed by atoms with Gasteiger partial charge in [0.05, 0.1) is 0 Å². The van der Waals surface area contributed by atoms with Gasteiger partial charge in [0.2, 0.25) is 5.13 Å². The summed E-state index contributed by atoms with van der Waals surface area (Å²) in [5.41, 5.74) is 0. The van der Waals surface area contributed by atoms with Crippen LogP contribution in [0.15, 0.2) is 0 Å². The Balaban J connectivity index is 1.89. The van der Waals surface area contributed by atoms with Crippen LogP contribution in [0, 0.1) is 5.92 Å². The molecule has 0 unspecified atom stereocenters. The third kappa shape index (κ3) is 2.16. The third-order valence-electron chi connectivity index (χ3n) is 2.15. The summed E-state index contributed by atoms with van der Waals surface area (Å²) in [5.74, 6) is 0.787. The molecule has 2 atom stereocenters. The van der Waals surface area contributed by atoms with Gasteiger partial charge in [0.1, 0.15) is 11.6 Å². The number of aromatic nitrogens is 2. The van der Waals surface area contributed by atoms with E-state index in [1.807, 2.05) is 0 Å². The zero-order valence-corrected chi connectivity index (χ0v) is 8.60. The predicted octanol–water partition coefficient (Wildman–Crippen LogP) is 1.50. The Bertz CT molecular complexity index is 289. The standard InChI is InChI=1S/C8H13N3OS/c1-5-3-6(5)9-8-11-10-7(13-8)4-12-2/h5-6H,3-4H2,1-2H3,(H,9,11)/t5-,6-/m1/s1. The monoisotopic (exact) mass is 199 g/mol. The molecule has 1 aliphatic rings. The van der Waals surface area contributed by atoms with E-state index < -0.39 is 0 Å². The first-order chi connectivity index (χ1) is 6.29. The highest BCUT2D eigenvalue weighted by atomic mass is 32.1. The fraction of sp³-hybridized carbons (Fsp3) is 0.750. The van der Waals surface area contributed by atoms with Gasteiger partial charge in [-0.25, -0.2) is 0 Å². The van der Waals surface area contributed by atoms with E-state index in [1.54, 1.807) is 18.4 Å². The molecule has 0 aromatic carbocycles. The minimum absolute atomic E-state index is 0.555. The zero-order chi connectivity index (χ0) is 9.26. The van der Waals surface area contributed by atoms with Gasteiger partial charge in [0.25, 0.3) is 0 Å². The van der Waals surface area contributed by atoms with Gasteiger partial charge in [-0.3, -0.25) is 0 Å². The molecule has 13 heavy (non-hydrogen) atoms. The van der Waals surface area contributed by atoms with Gasteiger partial charge in [-0.15, -0.1) is 10.2 Å². The van der Waals surface area contributed by atoms with Crippen LogP contribution in [-0.2, 0) is 11.3 Å². The molecule has 1 heterocycles. The van der Waals surface area contributed by atoms with E-state index in [9.17, 15) is 0 Å². The Morgan fingerprint density at radius 3 is 3.00 bits per heavy atom. The molecule has 1 aromatic rings. The molecular formula is C8H13N3OS. The lowest BCUT2D eigenvalue weighted by Gasteiger charge is -1.96. The predicted molar refractivity (Wildman–Crippen MR) is 51.8 cm³/mol. The Morgan fingerprint density at radius 2 is 2.38 bits per heavy atom. The normalized spacial score (nSPS) is 26.0. The first kappa shape index (κ1) is 8.90. The van der Waals surface area contributed by atoms with E-state index in [1.165, 1.54) is 6.42 Å². The number of anilines is 1. The van der Waals surface area contributed by atoms with Gasteiger partial charge in [-0.2, -0.15) is 0 Å². The second-order valence-corrected chi connectivity index (χ2v) is 4.46. The van der Waals surface area contributed by atoms with Crippen molar-refractivity contribution in [3.63, 3.8) is 0 Å². The number of ether oxygens (including phenoxy) is 1. The molecule has 1 saturated carbocycles. The summed E-state index contributed by atoms with van der Waals surface area (Å²) < 4.78 is 4.96. The number of nitrogens with one attached hydrogen (secondary N) is 1. The summed E-state index contributed by atoms with van der Waals surface area (Å²) in [5, 5.41) is 13.2. The summed E-state index contributed by atoms with van der Waals surface area (Å²) >= 11 is 1.57. The van der Waals surface area contributed by atoms with Crippen molar-refractivity contribution in [3.05, 3.63) is 5.01 Å². The van der Waals surface area contributed by atoms with Gasteiger partial charge in [-0.05, 0) is 12.3 Å². The molecule has 72 valence electrons. The molecule has 4 nitrogen and oxygen atoms in total. The maximum atomic E-state index is 4.96.